The molecule has 0 aromatic carbocycles. The van der Waals surface area contributed by atoms with Crippen molar-refractivity contribution < 1.29 is 19.5 Å². The van der Waals surface area contributed by atoms with Gasteiger partial charge in [0.25, 0.3) is 0 Å². The molecule has 3 amide bonds. The summed E-state index contributed by atoms with van der Waals surface area (Å²) in [6, 6.07) is -0.173. The van der Waals surface area contributed by atoms with E-state index in [0.717, 1.165) is 0 Å². The van der Waals surface area contributed by atoms with Crippen LogP contribution in [0.1, 0.15) is 19.8 Å². The first-order valence-corrected chi connectivity index (χ1v) is 6.90. The van der Waals surface area contributed by atoms with Crippen LogP contribution in [0.3, 0.4) is 0 Å². The average Bonchev–Trinajstić information content (AvgIpc) is 2.31. The number of carboxylic acids is 1. The topological polar surface area (TPSA) is 90.0 Å². The summed E-state index contributed by atoms with van der Waals surface area (Å²) in [5.41, 5.74) is 0. The number of urea groups is 1. The fourth-order valence-electron chi connectivity index (χ4n) is 2.59. The lowest BCUT2D eigenvalue weighted by molar-refractivity contribution is -0.144. The molecule has 0 aliphatic carbocycles. The molecule has 2 heterocycles. The van der Waals surface area contributed by atoms with Crippen LogP contribution >= 0.6 is 0 Å². The molecular weight excluding hydrogens is 262 g/mol. The monoisotopic (exact) mass is 283 g/mol. The number of rotatable bonds is 3. The van der Waals surface area contributed by atoms with Gasteiger partial charge in [0.15, 0.2) is 0 Å². The van der Waals surface area contributed by atoms with Crippen LogP contribution < -0.4 is 5.32 Å². The number of aliphatic carboxylic acids is 1. The van der Waals surface area contributed by atoms with E-state index in [1.165, 1.54) is 0 Å². The quantitative estimate of drug-likeness (QED) is 0.761. The third kappa shape index (κ3) is 3.02. The van der Waals surface area contributed by atoms with Gasteiger partial charge < -0.3 is 20.2 Å². The van der Waals surface area contributed by atoms with Crippen molar-refractivity contribution in [2.75, 3.05) is 26.7 Å². The van der Waals surface area contributed by atoms with Crippen LogP contribution in [-0.2, 0) is 9.59 Å². The van der Waals surface area contributed by atoms with Crippen molar-refractivity contribution in [2.45, 2.75) is 25.8 Å². The Morgan fingerprint density at radius 3 is 2.55 bits per heavy atom. The molecule has 2 saturated heterocycles. The number of hydrogen-bond donors (Lipinski definition) is 2. The van der Waals surface area contributed by atoms with Crippen molar-refractivity contribution >= 4 is 17.9 Å². The van der Waals surface area contributed by atoms with E-state index in [-0.39, 0.29) is 23.9 Å². The molecule has 7 heteroatoms. The molecule has 7 nitrogen and oxygen atoms in total. The van der Waals surface area contributed by atoms with Gasteiger partial charge in [-0.1, -0.05) is 6.92 Å². The molecule has 0 spiro atoms. The maximum absolute atomic E-state index is 12.0. The Hall–Kier alpha value is -1.79. The molecule has 2 unspecified atom stereocenters. The first-order chi connectivity index (χ1) is 9.38. The van der Waals surface area contributed by atoms with E-state index in [0.29, 0.717) is 32.5 Å². The second-order valence-corrected chi connectivity index (χ2v) is 5.75. The Labute approximate surface area is 117 Å². The van der Waals surface area contributed by atoms with Crippen molar-refractivity contribution in [1.82, 2.24) is 15.1 Å². The number of carboxylic acid groups (broad SMARTS) is 1. The number of amides is 3. The highest BCUT2D eigenvalue weighted by molar-refractivity contribution is 5.79. The van der Waals surface area contributed by atoms with Gasteiger partial charge >= 0.3 is 12.0 Å². The molecule has 2 fully saturated rings. The second-order valence-electron chi connectivity index (χ2n) is 5.75. The summed E-state index contributed by atoms with van der Waals surface area (Å²) in [7, 11) is 1.73. The maximum Gasteiger partial charge on any atom is 0.317 e. The first-order valence-electron chi connectivity index (χ1n) is 6.90. The number of likely N-dealkylation sites (tertiary alicyclic amines) is 2. The normalized spacial score (nSPS) is 25.1. The van der Waals surface area contributed by atoms with E-state index in [1.807, 2.05) is 0 Å². The molecular formula is C13H21N3O4. The van der Waals surface area contributed by atoms with Gasteiger partial charge in [-0.3, -0.25) is 9.59 Å². The maximum atomic E-state index is 12.0. The van der Waals surface area contributed by atoms with Gasteiger partial charge in [-0.2, -0.15) is 0 Å². The van der Waals surface area contributed by atoms with E-state index in [9.17, 15) is 14.4 Å². The molecule has 112 valence electrons. The molecule has 20 heavy (non-hydrogen) atoms. The van der Waals surface area contributed by atoms with Gasteiger partial charge in [0, 0.05) is 45.1 Å². The Morgan fingerprint density at radius 1 is 1.35 bits per heavy atom. The molecule has 2 aliphatic heterocycles. The van der Waals surface area contributed by atoms with Crippen LogP contribution in [0.25, 0.3) is 0 Å². The van der Waals surface area contributed by atoms with Crippen LogP contribution in [0.4, 0.5) is 4.79 Å². The fourth-order valence-corrected chi connectivity index (χ4v) is 2.59. The minimum atomic E-state index is -0.817. The van der Waals surface area contributed by atoms with E-state index >= 15 is 0 Å². The number of carbonyl (C=O) groups excluding carboxylic acids is 2. The van der Waals surface area contributed by atoms with E-state index < -0.39 is 11.9 Å². The van der Waals surface area contributed by atoms with Gasteiger partial charge in [-0.15, -0.1) is 0 Å². The molecule has 2 aliphatic rings. The van der Waals surface area contributed by atoms with Crippen molar-refractivity contribution in [3.8, 4) is 0 Å². The zero-order chi connectivity index (χ0) is 14.9. The van der Waals surface area contributed by atoms with Crippen LogP contribution in [0, 0.1) is 11.8 Å². The van der Waals surface area contributed by atoms with Crippen molar-refractivity contribution in [3.05, 3.63) is 0 Å². The van der Waals surface area contributed by atoms with E-state index in [1.54, 1.807) is 23.8 Å². The van der Waals surface area contributed by atoms with E-state index in [4.69, 9.17) is 5.11 Å². The summed E-state index contributed by atoms with van der Waals surface area (Å²) in [5, 5.41) is 11.8. The van der Waals surface area contributed by atoms with Crippen LogP contribution in [0.5, 0.6) is 0 Å². The third-order valence-electron chi connectivity index (χ3n) is 4.25. The number of nitrogens with zero attached hydrogens (tertiary/aromatic N) is 2. The molecule has 0 aromatic rings. The van der Waals surface area contributed by atoms with Crippen LogP contribution in [0.15, 0.2) is 0 Å². The predicted molar refractivity (Wildman–Crippen MR) is 71.1 cm³/mol. The number of hydrogen-bond acceptors (Lipinski definition) is 3. The smallest absolute Gasteiger partial charge is 0.317 e. The summed E-state index contributed by atoms with van der Waals surface area (Å²) in [6.45, 7) is 3.18. The number of nitrogens with one attached hydrogen (secondary N) is 1. The highest BCUT2D eigenvalue weighted by Gasteiger charge is 2.38. The van der Waals surface area contributed by atoms with Gasteiger partial charge in [-0.05, 0) is 6.42 Å². The third-order valence-corrected chi connectivity index (χ3v) is 4.25. The summed E-state index contributed by atoms with van der Waals surface area (Å²) in [4.78, 5) is 37.4. The predicted octanol–water partition coefficient (Wildman–Crippen LogP) is -0.0307. The van der Waals surface area contributed by atoms with Crippen LogP contribution in [-0.4, -0.2) is 65.5 Å². The minimum absolute atomic E-state index is 0.0128. The zero-order valence-electron chi connectivity index (χ0n) is 11.8. The van der Waals surface area contributed by atoms with Crippen molar-refractivity contribution in [3.63, 3.8) is 0 Å². The highest BCUT2D eigenvalue weighted by Crippen LogP contribution is 2.24. The Bertz CT molecular complexity index is 420. The van der Waals surface area contributed by atoms with Crippen molar-refractivity contribution in [2.24, 2.45) is 11.8 Å². The highest BCUT2D eigenvalue weighted by atomic mass is 16.4. The summed E-state index contributed by atoms with van der Waals surface area (Å²) in [6.07, 6.45) is 1.12. The Kier molecular flexibility index (Phi) is 4.15. The lowest BCUT2D eigenvalue weighted by Crippen LogP contribution is -2.59. The van der Waals surface area contributed by atoms with Gasteiger partial charge in [0.05, 0.1) is 5.92 Å². The standard InChI is InChI=1S/C13H21N3O4/c1-8(12(18)19)9-5-16(6-9)13(20)14-10-3-4-11(17)15(2)7-10/h8-10H,3-7H2,1-2H3,(H,14,20)(H,18,19). The van der Waals surface area contributed by atoms with Crippen LogP contribution in [0.2, 0.25) is 0 Å². The first kappa shape index (κ1) is 14.6. The van der Waals surface area contributed by atoms with Gasteiger partial charge in [-0.25, -0.2) is 4.79 Å². The molecule has 0 saturated carbocycles. The number of likely N-dealkylation sites (N-methyl/N-ethyl adjacent to an activating group) is 1. The Morgan fingerprint density at radius 2 is 2.00 bits per heavy atom. The number of carbonyl (C=O) groups is 3. The molecule has 0 radical (unpaired) electrons. The van der Waals surface area contributed by atoms with Gasteiger partial charge in [0.1, 0.15) is 0 Å². The molecule has 2 rings (SSSR count). The molecule has 0 aromatic heterocycles. The molecule has 0 bridgehead atoms. The van der Waals surface area contributed by atoms with Crippen molar-refractivity contribution in [1.29, 1.82) is 0 Å². The lowest BCUT2D eigenvalue weighted by Gasteiger charge is -2.42. The minimum Gasteiger partial charge on any atom is -0.481 e. The second kappa shape index (κ2) is 5.68. The lowest BCUT2D eigenvalue weighted by atomic mass is 9.87. The summed E-state index contributed by atoms with van der Waals surface area (Å²) < 4.78 is 0. The Balaban J connectivity index is 1.75. The number of piperidine rings is 1. The summed E-state index contributed by atoms with van der Waals surface area (Å²) in [5.74, 6) is -1.09. The van der Waals surface area contributed by atoms with E-state index in [2.05, 4.69) is 5.32 Å². The fraction of sp³-hybridized carbons (Fsp3) is 0.769. The molecule has 2 N–H and O–H groups in total. The average molecular weight is 283 g/mol. The largest absolute Gasteiger partial charge is 0.481 e. The van der Waals surface area contributed by atoms with Gasteiger partial charge in [0.2, 0.25) is 5.91 Å². The molecule has 2 atom stereocenters. The summed E-state index contributed by atoms with van der Waals surface area (Å²) >= 11 is 0. The SMILES string of the molecule is CC(C(=O)O)C1CN(C(=O)NC2CCC(=O)N(C)C2)C1. The zero-order valence-corrected chi connectivity index (χ0v) is 11.8.